The molecule has 128 valence electrons. The fourth-order valence-electron chi connectivity index (χ4n) is 2.29. The van der Waals surface area contributed by atoms with Gasteiger partial charge in [0.05, 0.1) is 18.4 Å². The molecule has 0 saturated carbocycles. The van der Waals surface area contributed by atoms with Gasteiger partial charge in [0.1, 0.15) is 11.5 Å². The van der Waals surface area contributed by atoms with E-state index < -0.39 is 12.5 Å². The normalized spacial score (nSPS) is 12.8. The Bertz CT molecular complexity index is 668. The molecule has 1 aromatic carbocycles. The summed E-state index contributed by atoms with van der Waals surface area (Å²) in [7, 11) is 0. The van der Waals surface area contributed by atoms with Crippen molar-refractivity contribution in [3.05, 3.63) is 54.0 Å². The first-order valence-corrected chi connectivity index (χ1v) is 7.38. The molecule has 7 heteroatoms. The summed E-state index contributed by atoms with van der Waals surface area (Å²) >= 11 is 0. The van der Waals surface area contributed by atoms with Crippen molar-refractivity contribution in [2.75, 3.05) is 0 Å². The molecule has 0 aliphatic rings. The Morgan fingerprint density at radius 1 is 1.25 bits per heavy atom. The van der Waals surface area contributed by atoms with Gasteiger partial charge in [-0.3, -0.25) is 4.79 Å². The molecule has 2 aromatic rings. The SMILES string of the molecule is CC(C)[C@@H](C(=O)N/N=C\c1ccco1)c1ccc(OC(F)F)cc1. The van der Waals surface area contributed by atoms with Crippen LogP contribution in [0.15, 0.2) is 52.2 Å². The summed E-state index contributed by atoms with van der Waals surface area (Å²) in [4.78, 5) is 12.4. The van der Waals surface area contributed by atoms with E-state index >= 15 is 0 Å². The number of hydrazone groups is 1. The predicted octanol–water partition coefficient (Wildman–Crippen LogP) is 3.77. The minimum Gasteiger partial charge on any atom is -0.463 e. The first-order valence-electron chi connectivity index (χ1n) is 7.38. The van der Waals surface area contributed by atoms with Gasteiger partial charge in [0.25, 0.3) is 0 Å². The minimum absolute atomic E-state index is 0.00863. The van der Waals surface area contributed by atoms with Crippen LogP contribution in [0.4, 0.5) is 8.78 Å². The Hall–Kier alpha value is -2.70. The van der Waals surface area contributed by atoms with Crippen LogP contribution >= 0.6 is 0 Å². The second kappa shape index (κ2) is 8.24. The number of furan rings is 1. The number of nitrogens with zero attached hydrogens (tertiary/aromatic N) is 1. The fraction of sp³-hybridized carbons (Fsp3) is 0.294. The summed E-state index contributed by atoms with van der Waals surface area (Å²) < 4.78 is 33.7. The lowest BCUT2D eigenvalue weighted by Gasteiger charge is -2.19. The van der Waals surface area contributed by atoms with Crippen LogP contribution in [-0.4, -0.2) is 18.7 Å². The number of carbonyl (C=O) groups is 1. The van der Waals surface area contributed by atoms with Gasteiger partial charge in [-0.25, -0.2) is 5.43 Å². The third-order valence-electron chi connectivity index (χ3n) is 3.32. The van der Waals surface area contributed by atoms with E-state index in [1.54, 1.807) is 24.3 Å². The monoisotopic (exact) mass is 336 g/mol. The van der Waals surface area contributed by atoms with E-state index in [4.69, 9.17) is 4.42 Å². The first-order chi connectivity index (χ1) is 11.5. The molecule has 0 fully saturated rings. The second-order valence-corrected chi connectivity index (χ2v) is 5.42. The van der Waals surface area contributed by atoms with E-state index in [2.05, 4.69) is 15.3 Å². The summed E-state index contributed by atoms with van der Waals surface area (Å²) in [5.74, 6) is -0.210. The second-order valence-electron chi connectivity index (χ2n) is 5.42. The van der Waals surface area contributed by atoms with Crippen molar-refractivity contribution in [3.8, 4) is 5.75 Å². The quantitative estimate of drug-likeness (QED) is 0.618. The van der Waals surface area contributed by atoms with Crippen LogP contribution in [0.2, 0.25) is 0 Å². The zero-order chi connectivity index (χ0) is 17.5. The number of carbonyl (C=O) groups excluding carboxylic acids is 1. The van der Waals surface area contributed by atoms with Crippen LogP contribution < -0.4 is 10.2 Å². The molecule has 24 heavy (non-hydrogen) atoms. The lowest BCUT2D eigenvalue weighted by Crippen LogP contribution is -2.28. The van der Waals surface area contributed by atoms with E-state index in [9.17, 15) is 13.6 Å². The molecule has 0 unspecified atom stereocenters. The lowest BCUT2D eigenvalue weighted by molar-refractivity contribution is -0.123. The summed E-state index contributed by atoms with van der Waals surface area (Å²) in [6.07, 6.45) is 2.90. The molecule has 0 spiro atoms. The number of benzene rings is 1. The van der Waals surface area contributed by atoms with Crippen molar-refractivity contribution < 1.29 is 22.7 Å². The summed E-state index contributed by atoms with van der Waals surface area (Å²) in [5, 5.41) is 3.86. The summed E-state index contributed by atoms with van der Waals surface area (Å²) in [5.41, 5.74) is 3.16. The minimum atomic E-state index is -2.88. The highest BCUT2D eigenvalue weighted by atomic mass is 19.3. The molecule has 0 bridgehead atoms. The van der Waals surface area contributed by atoms with Crippen LogP contribution in [0.5, 0.6) is 5.75 Å². The van der Waals surface area contributed by atoms with Gasteiger partial charge in [-0.05, 0) is 35.7 Å². The third kappa shape index (κ3) is 4.91. The van der Waals surface area contributed by atoms with Gasteiger partial charge in [0, 0.05) is 0 Å². The molecule has 0 radical (unpaired) electrons. The molecule has 0 aliphatic carbocycles. The molecule has 5 nitrogen and oxygen atoms in total. The highest BCUT2D eigenvalue weighted by molar-refractivity contribution is 5.85. The van der Waals surface area contributed by atoms with Crippen molar-refractivity contribution >= 4 is 12.1 Å². The highest BCUT2D eigenvalue weighted by Crippen LogP contribution is 2.27. The molecular formula is C17H18F2N2O3. The topological polar surface area (TPSA) is 63.8 Å². The molecular weight excluding hydrogens is 318 g/mol. The molecule has 1 heterocycles. The number of nitrogens with one attached hydrogen (secondary N) is 1. The van der Waals surface area contributed by atoms with Crippen LogP contribution in [-0.2, 0) is 4.79 Å². The predicted molar refractivity (Wildman–Crippen MR) is 85.1 cm³/mol. The van der Waals surface area contributed by atoms with E-state index in [1.807, 2.05) is 13.8 Å². The smallest absolute Gasteiger partial charge is 0.387 e. The summed E-state index contributed by atoms with van der Waals surface area (Å²) in [6.45, 7) is 0.907. The molecule has 0 aliphatic heterocycles. The average molecular weight is 336 g/mol. The number of hydrogen-bond acceptors (Lipinski definition) is 4. The molecule has 0 saturated heterocycles. The summed E-state index contributed by atoms with van der Waals surface area (Å²) in [6, 6.07) is 9.43. The van der Waals surface area contributed by atoms with Gasteiger partial charge >= 0.3 is 6.61 Å². The van der Waals surface area contributed by atoms with Gasteiger partial charge in [-0.15, -0.1) is 0 Å². The molecule has 1 aromatic heterocycles. The van der Waals surface area contributed by atoms with Crippen LogP contribution in [0.25, 0.3) is 0 Å². The Morgan fingerprint density at radius 3 is 2.50 bits per heavy atom. The Balaban J connectivity index is 2.06. The molecule has 1 amide bonds. The van der Waals surface area contributed by atoms with E-state index in [0.717, 1.165) is 0 Å². The number of rotatable bonds is 7. The maximum absolute atomic E-state index is 12.4. The van der Waals surface area contributed by atoms with Crippen molar-refractivity contribution in [2.45, 2.75) is 26.4 Å². The Labute approximate surface area is 138 Å². The zero-order valence-electron chi connectivity index (χ0n) is 13.3. The van der Waals surface area contributed by atoms with Crippen molar-refractivity contribution in [3.63, 3.8) is 0 Å². The number of hydrogen-bond donors (Lipinski definition) is 1. The van der Waals surface area contributed by atoms with E-state index in [1.165, 1.54) is 24.6 Å². The van der Waals surface area contributed by atoms with Crippen molar-refractivity contribution in [2.24, 2.45) is 11.0 Å². The maximum atomic E-state index is 12.4. The van der Waals surface area contributed by atoms with E-state index in [-0.39, 0.29) is 17.6 Å². The molecule has 1 N–H and O–H groups in total. The largest absolute Gasteiger partial charge is 0.463 e. The Kier molecular flexibility index (Phi) is 6.06. The van der Waals surface area contributed by atoms with Gasteiger partial charge in [-0.2, -0.15) is 13.9 Å². The lowest BCUT2D eigenvalue weighted by atomic mass is 9.88. The number of halogens is 2. The van der Waals surface area contributed by atoms with Crippen LogP contribution in [0.3, 0.4) is 0 Å². The molecule has 1 atom stereocenters. The first kappa shape index (κ1) is 17.7. The van der Waals surface area contributed by atoms with Gasteiger partial charge in [0.2, 0.25) is 5.91 Å². The zero-order valence-corrected chi connectivity index (χ0v) is 13.3. The maximum Gasteiger partial charge on any atom is 0.387 e. The van der Waals surface area contributed by atoms with Crippen LogP contribution in [0.1, 0.15) is 31.1 Å². The van der Waals surface area contributed by atoms with Crippen LogP contribution in [0, 0.1) is 5.92 Å². The third-order valence-corrected chi connectivity index (χ3v) is 3.32. The number of amides is 1. The number of alkyl halides is 2. The van der Waals surface area contributed by atoms with Crippen molar-refractivity contribution in [1.82, 2.24) is 5.43 Å². The van der Waals surface area contributed by atoms with E-state index in [0.29, 0.717) is 11.3 Å². The standard InChI is InChI=1S/C17H18F2N2O3/c1-11(2)15(12-5-7-13(8-6-12)24-17(18)19)16(22)21-20-10-14-4-3-9-23-14/h3-11,15,17H,1-2H3,(H,21,22)/b20-10-/t15-/m1/s1. The van der Waals surface area contributed by atoms with Gasteiger partial charge in [0.15, 0.2) is 0 Å². The van der Waals surface area contributed by atoms with Gasteiger partial charge < -0.3 is 9.15 Å². The Morgan fingerprint density at radius 2 is 1.96 bits per heavy atom. The highest BCUT2D eigenvalue weighted by Gasteiger charge is 2.24. The fourth-order valence-corrected chi connectivity index (χ4v) is 2.29. The molecule has 2 rings (SSSR count). The van der Waals surface area contributed by atoms with Gasteiger partial charge in [-0.1, -0.05) is 26.0 Å². The average Bonchev–Trinajstić information content (AvgIpc) is 3.01. The van der Waals surface area contributed by atoms with Crippen molar-refractivity contribution in [1.29, 1.82) is 0 Å². The number of ether oxygens (including phenoxy) is 1.